The number of benzene rings is 1. The van der Waals surface area contributed by atoms with Crippen LogP contribution in [0.1, 0.15) is 18.0 Å². The minimum atomic E-state index is -0.140. The fourth-order valence-electron chi connectivity index (χ4n) is 1.87. The molecule has 0 saturated carbocycles. The molecule has 0 fully saturated rings. The molecule has 1 aliphatic heterocycles. The van der Waals surface area contributed by atoms with E-state index in [4.69, 9.17) is 15.3 Å². The first kappa shape index (κ1) is 11.0. The lowest BCUT2D eigenvalue weighted by Crippen LogP contribution is -2.30. The standard InChI is InChI=1S/C12H16N2O2/c1-15-10-6-3-2-5-9(10)12(14-13)11-7-4-8-16-11/h2-3,5-7,12,14H,4,8,13H2,1H3. The third kappa shape index (κ3) is 2.03. The third-order valence-corrected chi connectivity index (χ3v) is 2.63. The first-order valence-electron chi connectivity index (χ1n) is 5.28. The summed E-state index contributed by atoms with van der Waals surface area (Å²) >= 11 is 0. The zero-order chi connectivity index (χ0) is 11.4. The molecule has 2 rings (SSSR count). The lowest BCUT2D eigenvalue weighted by molar-refractivity contribution is 0.214. The molecule has 4 heteroatoms. The van der Waals surface area contributed by atoms with E-state index in [1.165, 1.54) is 0 Å². The van der Waals surface area contributed by atoms with Crippen molar-refractivity contribution in [2.24, 2.45) is 5.84 Å². The lowest BCUT2D eigenvalue weighted by Gasteiger charge is -2.19. The fourth-order valence-corrected chi connectivity index (χ4v) is 1.87. The van der Waals surface area contributed by atoms with E-state index in [0.29, 0.717) is 0 Å². The van der Waals surface area contributed by atoms with Crippen molar-refractivity contribution in [2.75, 3.05) is 13.7 Å². The molecule has 1 atom stereocenters. The van der Waals surface area contributed by atoms with Crippen molar-refractivity contribution >= 4 is 0 Å². The predicted octanol–water partition coefficient (Wildman–Crippen LogP) is 1.50. The van der Waals surface area contributed by atoms with Crippen molar-refractivity contribution < 1.29 is 9.47 Å². The van der Waals surface area contributed by atoms with Gasteiger partial charge in [-0.05, 0) is 12.1 Å². The molecule has 0 saturated heterocycles. The second-order valence-electron chi connectivity index (χ2n) is 3.59. The molecule has 0 radical (unpaired) electrons. The van der Waals surface area contributed by atoms with E-state index in [1.807, 2.05) is 24.3 Å². The van der Waals surface area contributed by atoms with Crippen LogP contribution in [0.25, 0.3) is 0 Å². The number of rotatable bonds is 4. The average molecular weight is 220 g/mol. The van der Waals surface area contributed by atoms with Crippen LogP contribution in [0.5, 0.6) is 5.75 Å². The van der Waals surface area contributed by atoms with Crippen LogP contribution in [0.2, 0.25) is 0 Å². The zero-order valence-corrected chi connectivity index (χ0v) is 9.27. The quantitative estimate of drug-likeness (QED) is 0.596. The molecule has 0 amide bonds. The van der Waals surface area contributed by atoms with E-state index in [9.17, 15) is 0 Å². The van der Waals surface area contributed by atoms with Crippen LogP contribution < -0.4 is 16.0 Å². The Bertz CT molecular complexity index is 390. The largest absolute Gasteiger partial charge is 0.496 e. The topological polar surface area (TPSA) is 56.5 Å². The normalized spacial score (nSPS) is 16.5. The molecular weight excluding hydrogens is 204 g/mol. The molecule has 0 bridgehead atoms. The second-order valence-corrected chi connectivity index (χ2v) is 3.59. The van der Waals surface area contributed by atoms with Gasteiger partial charge in [0.15, 0.2) is 0 Å². The summed E-state index contributed by atoms with van der Waals surface area (Å²) in [6.07, 6.45) is 2.99. The number of para-hydroxylation sites is 1. The molecule has 0 spiro atoms. The zero-order valence-electron chi connectivity index (χ0n) is 9.27. The van der Waals surface area contributed by atoms with Crippen LogP contribution in [-0.2, 0) is 4.74 Å². The predicted molar refractivity (Wildman–Crippen MR) is 61.7 cm³/mol. The number of nitrogens with two attached hydrogens (primary N) is 1. The summed E-state index contributed by atoms with van der Waals surface area (Å²) in [5, 5.41) is 0. The molecule has 86 valence electrons. The lowest BCUT2D eigenvalue weighted by atomic mass is 10.0. The van der Waals surface area contributed by atoms with Gasteiger partial charge in [0, 0.05) is 12.0 Å². The van der Waals surface area contributed by atoms with Crippen LogP contribution in [0.3, 0.4) is 0 Å². The van der Waals surface area contributed by atoms with Gasteiger partial charge in [-0.25, -0.2) is 5.43 Å². The second kappa shape index (κ2) is 5.01. The summed E-state index contributed by atoms with van der Waals surface area (Å²) in [6.45, 7) is 0.725. The van der Waals surface area contributed by atoms with Crippen molar-refractivity contribution in [3.63, 3.8) is 0 Å². The third-order valence-electron chi connectivity index (χ3n) is 2.63. The van der Waals surface area contributed by atoms with E-state index < -0.39 is 0 Å². The van der Waals surface area contributed by atoms with E-state index in [0.717, 1.165) is 30.1 Å². The van der Waals surface area contributed by atoms with Gasteiger partial charge in [-0.1, -0.05) is 18.2 Å². The minimum Gasteiger partial charge on any atom is -0.496 e. The SMILES string of the molecule is COc1ccccc1C(NN)C1=CCCO1. The van der Waals surface area contributed by atoms with Crippen LogP contribution in [0.15, 0.2) is 36.1 Å². The molecular formula is C12H16N2O2. The van der Waals surface area contributed by atoms with Gasteiger partial charge >= 0.3 is 0 Å². The van der Waals surface area contributed by atoms with E-state index in [-0.39, 0.29) is 6.04 Å². The van der Waals surface area contributed by atoms with Crippen LogP contribution in [-0.4, -0.2) is 13.7 Å². The Hall–Kier alpha value is -1.52. The maximum atomic E-state index is 5.58. The summed E-state index contributed by atoms with van der Waals surface area (Å²) in [5.74, 6) is 7.26. The molecule has 0 aliphatic carbocycles. The van der Waals surface area contributed by atoms with Gasteiger partial charge in [-0.3, -0.25) is 5.84 Å². The highest BCUT2D eigenvalue weighted by Crippen LogP contribution is 2.31. The van der Waals surface area contributed by atoms with Gasteiger partial charge in [-0.15, -0.1) is 0 Å². The minimum absolute atomic E-state index is 0.140. The summed E-state index contributed by atoms with van der Waals surface area (Å²) in [6, 6.07) is 7.64. The number of ether oxygens (including phenoxy) is 2. The molecule has 1 aliphatic rings. The van der Waals surface area contributed by atoms with Crippen LogP contribution in [0.4, 0.5) is 0 Å². The Labute approximate surface area is 95.0 Å². The highest BCUT2D eigenvalue weighted by molar-refractivity contribution is 5.39. The number of hydrogen-bond acceptors (Lipinski definition) is 4. The van der Waals surface area contributed by atoms with Gasteiger partial charge in [-0.2, -0.15) is 0 Å². The highest BCUT2D eigenvalue weighted by Gasteiger charge is 2.22. The molecule has 1 unspecified atom stereocenters. The van der Waals surface area contributed by atoms with Gasteiger partial charge in [0.2, 0.25) is 0 Å². The van der Waals surface area contributed by atoms with Gasteiger partial charge in [0.05, 0.1) is 13.7 Å². The highest BCUT2D eigenvalue weighted by atomic mass is 16.5. The van der Waals surface area contributed by atoms with Gasteiger partial charge in [0.1, 0.15) is 17.6 Å². The first-order valence-corrected chi connectivity index (χ1v) is 5.28. The van der Waals surface area contributed by atoms with Crippen molar-refractivity contribution in [2.45, 2.75) is 12.5 Å². The summed E-state index contributed by atoms with van der Waals surface area (Å²) in [4.78, 5) is 0. The maximum absolute atomic E-state index is 5.58. The molecule has 3 N–H and O–H groups in total. The monoisotopic (exact) mass is 220 g/mol. The summed E-state index contributed by atoms with van der Waals surface area (Å²) in [5.41, 5.74) is 3.75. The molecule has 1 heterocycles. The Morgan fingerprint density at radius 1 is 1.44 bits per heavy atom. The van der Waals surface area contributed by atoms with E-state index >= 15 is 0 Å². The van der Waals surface area contributed by atoms with Crippen LogP contribution in [0, 0.1) is 0 Å². The van der Waals surface area contributed by atoms with Crippen molar-refractivity contribution in [3.8, 4) is 5.75 Å². The maximum Gasteiger partial charge on any atom is 0.124 e. The molecule has 1 aromatic rings. The molecule has 16 heavy (non-hydrogen) atoms. The fraction of sp³-hybridized carbons (Fsp3) is 0.333. The molecule has 1 aromatic carbocycles. The average Bonchev–Trinajstić information content (AvgIpc) is 2.84. The van der Waals surface area contributed by atoms with Gasteiger partial charge < -0.3 is 9.47 Å². The van der Waals surface area contributed by atoms with Crippen molar-refractivity contribution in [1.82, 2.24) is 5.43 Å². The van der Waals surface area contributed by atoms with Crippen molar-refractivity contribution in [1.29, 1.82) is 0 Å². The Kier molecular flexibility index (Phi) is 3.44. The number of methoxy groups -OCH3 is 1. The summed E-state index contributed by atoms with van der Waals surface area (Å²) < 4.78 is 10.8. The van der Waals surface area contributed by atoms with E-state index in [1.54, 1.807) is 7.11 Å². The van der Waals surface area contributed by atoms with Gasteiger partial charge in [0.25, 0.3) is 0 Å². The molecule has 4 nitrogen and oxygen atoms in total. The smallest absolute Gasteiger partial charge is 0.124 e. The first-order chi connectivity index (χ1) is 7.86. The van der Waals surface area contributed by atoms with Crippen LogP contribution >= 0.6 is 0 Å². The Balaban J connectivity index is 2.32. The Morgan fingerprint density at radius 3 is 2.88 bits per heavy atom. The molecule has 0 aromatic heterocycles. The number of nitrogens with one attached hydrogen (secondary N) is 1. The number of hydrogen-bond donors (Lipinski definition) is 2. The van der Waals surface area contributed by atoms with E-state index in [2.05, 4.69) is 11.5 Å². The van der Waals surface area contributed by atoms with Crippen molar-refractivity contribution in [3.05, 3.63) is 41.7 Å². The Morgan fingerprint density at radius 2 is 2.25 bits per heavy atom. The number of hydrazine groups is 1. The summed E-state index contributed by atoms with van der Waals surface area (Å²) in [7, 11) is 1.65.